The number of unbranched alkanes of at least 4 members (excludes halogenated alkanes) is 1. The van der Waals surface area contributed by atoms with Crippen molar-refractivity contribution in [2.45, 2.75) is 76.0 Å². The van der Waals surface area contributed by atoms with E-state index in [1.54, 1.807) is 24.3 Å². The molecule has 1 fully saturated rings. The van der Waals surface area contributed by atoms with E-state index < -0.39 is 47.9 Å². The van der Waals surface area contributed by atoms with E-state index >= 15 is 0 Å². The van der Waals surface area contributed by atoms with Crippen LogP contribution in [0, 0.1) is 0 Å². The summed E-state index contributed by atoms with van der Waals surface area (Å²) >= 11 is 5.02. The van der Waals surface area contributed by atoms with E-state index in [9.17, 15) is 19.2 Å². The summed E-state index contributed by atoms with van der Waals surface area (Å²) in [6, 6.07) is 26.8. The maximum Gasteiger partial charge on any atom is 0.408 e. The molecule has 2 aromatic heterocycles. The van der Waals surface area contributed by atoms with E-state index in [2.05, 4.69) is 31.5 Å². The number of oxazole rings is 1. The molecule has 4 N–H and O–H groups in total. The number of benzene rings is 3. The number of rotatable bonds is 18. The Labute approximate surface area is 331 Å². The highest BCUT2D eigenvalue weighted by atomic mass is 79.9. The number of nitrogens with one attached hydrogen (secondary N) is 2. The van der Waals surface area contributed by atoms with Gasteiger partial charge < -0.3 is 35.2 Å². The van der Waals surface area contributed by atoms with Crippen LogP contribution in [-0.4, -0.2) is 70.9 Å². The third kappa shape index (κ3) is 11.1. The fraction of sp³-hybridized carbons (Fsp3) is 0.341. The summed E-state index contributed by atoms with van der Waals surface area (Å²) in [5.41, 5.74) is 8.53. The van der Waals surface area contributed by atoms with Crippen molar-refractivity contribution in [3.8, 4) is 0 Å². The van der Waals surface area contributed by atoms with Crippen LogP contribution in [0.2, 0.25) is 0 Å². The smallest absolute Gasteiger partial charge is 0.408 e. The van der Waals surface area contributed by atoms with Crippen molar-refractivity contribution in [2.75, 3.05) is 13.1 Å². The van der Waals surface area contributed by atoms with E-state index in [1.807, 2.05) is 72.8 Å². The van der Waals surface area contributed by atoms with Crippen molar-refractivity contribution in [3.05, 3.63) is 123 Å². The van der Waals surface area contributed by atoms with Gasteiger partial charge in [0.15, 0.2) is 5.58 Å². The summed E-state index contributed by atoms with van der Waals surface area (Å²) in [5.74, 6) is -1.56. The lowest BCUT2D eigenvalue weighted by molar-refractivity contribution is -0.140. The Morgan fingerprint density at radius 1 is 0.873 bits per heavy atom. The molecule has 0 radical (unpaired) electrons. The van der Waals surface area contributed by atoms with Gasteiger partial charge in [-0.15, -0.1) is 11.3 Å². The van der Waals surface area contributed by atoms with Gasteiger partial charge in [-0.2, -0.15) is 0 Å². The third-order valence-corrected chi connectivity index (χ3v) is 11.0. The highest BCUT2D eigenvalue weighted by molar-refractivity contribution is 9.11. The molecule has 55 heavy (non-hydrogen) atoms. The van der Waals surface area contributed by atoms with Crippen LogP contribution in [-0.2, 0) is 38.7 Å². The minimum absolute atomic E-state index is 0.0232. The normalized spacial score (nSPS) is 16.4. The molecule has 1 aliphatic heterocycles. The zero-order chi connectivity index (χ0) is 38.6. The fourth-order valence-corrected chi connectivity index (χ4v) is 7.92. The Hall–Kier alpha value is -4.89. The largest absolute Gasteiger partial charge is 0.445 e. The minimum atomic E-state index is -1.02. The van der Waals surface area contributed by atoms with Gasteiger partial charge in [0.25, 0.3) is 5.89 Å². The summed E-state index contributed by atoms with van der Waals surface area (Å²) in [5, 5.41) is 5.71. The highest BCUT2D eigenvalue weighted by Crippen LogP contribution is 2.27. The summed E-state index contributed by atoms with van der Waals surface area (Å²) in [6.45, 7) is 0.836. The molecule has 5 aromatic rings. The van der Waals surface area contributed by atoms with Gasteiger partial charge in [0.2, 0.25) is 17.6 Å². The SMILES string of the molecule is NCCCC[C@H](NC(=O)[C@@H]1C[C@@H](OCc2ccc(Br)s2)CN1C(=O)[C@@H](CCc1ccccc1)NC(=O)OCc1ccccc1)C(=O)c1nc2ccccc2o1. The molecule has 0 unspecified atom stereocenters. The van der Waals surface area contributed by atoms with Crippen LogP contribution in [0.25, 0.3) is 11.1 Å². The molecule has 3 heterocycles. The molecule has 3 aromatic carbocycles. The summed E-state index contributed by atoms with van der Waals surface area (Å²) in [6.07, 6.45) is 1.17. The van der Waals surface area contributed by atoms with Crippen molar-refractivity contribution >= 4 is 62.1 Å². The maximum absolute atomic E-state index is 14.6. The number of likely N-dealkylation sites (tertiary alicyclic amines) is 1. The second kappa shape index (κ2) is 19.6. The fourth-order valence-electron chi connectivity index (χ4n) is 6.52. The topological polar surface area (TPSA) is 166 Å². The molecule has 3 amide bonds. The van der Waals surface area contributed by atoms with Crippen molar-refractivity contribution in [3.63, 3.8) is 0 Å². The van der Waals surface area contributed by atoms with E-state index in [0.29, 0.717) is 43.3 Å². The average molecular weight is 831 g/mol. The van der Waals surface area contributed by atoms with E-state index in [4.69, 9.17) is 19.6 Å². The summed E-state index contributed by atoms with van der Waals surface area (Å²) in [7, 11) is 0. The number of hydrogen-bond donors (Lipinski definition) is 3. The van der Waals surface area contributed by atoms with Crippen molar-refractivity contribution in [1.82, 2.24) is 20.5 Å². The molecule has 12 nitrogen and oxygen atoms in total. The highest BCUT2D eigenvalue weighted by Gasteiger charge is 2.43. The lowest BCUT2D eigenvalue weighted by Gasteiger charge is -2.29. The number of halogens is 1. The van der Waals surface area contributed by atoms with E-state index in [-0.39, 0.29) is 38.5 Å². The van der Waals surface area contributed by atoms with Crippen molar-refractivity contribution in [1.29, 1.82) is 0 Å². The number of amides is 3. The predicted molar refractivity (Wildman–Crippen MR) is 212 cm³/mol. The number of ether oxygens (including phenoxy) is 2. The second-order valence-corrected chi connectivity index (χ2v) is 15.9. The number of fused-ring (bicyclic) bond motifs is 1. The number of carbonyl (C=O) groups excluding carboxylic acids is 4. The first kappa shape index (κ1) is 39.8. The van der Waals surface area contributed by atoms with Gasteiger partial charge in [0, 0.05) is 17.8 Å². The minimum Gasteiger partial charge on any atom is -0.445 e. The van der Waals surface area contributed by atoms with Gasteiger partial charge in [-0.25, -0.2) is 9.78 Å². The number of alkyl carbamates (subject to hydrolysis) is 1. The van der Waals surface area contributed by atoms with Crippen LogP contribution < -0.4 is 16.4 Å². The van der Waals surface area contributed by atoms with E-state index in [1.165, 1.54) is 16.2 Å². The molecular weight excluding hydrogens is 786 g/mol. The number of ketones is 1. The Morgan fingerprint density at radius 3 is 2.31 bits per heavy atom. The maximum atomic E-state index is 14.6. The Bertz CT molecular complexity index is 2010. The van der Waals surface area contributed by atoms with Crippen LogP contribution in [0.3, 0.4) is 0 Å². The van der Waals surface area contributed by atoms with Crippen LogP contribution in [0.15, 0.2) is 105 Å². The first-order chi connectivity index (χ1) is 26.8. The van der Waals surface area contributed by atoms with Gasteiger partial charge in [0.1, 0.15) is 24.2 Å². The molecule has 0 aliphatic carbocycles. The first-order valence-corrected chi connectivity index (χ1v) is 20.0. The van der Waals surface area contributed by atoms with Gasteiger partial charge in [-0.05, 0) is 90.0 Å². The average Bonchev–Trinajstić information content (AvgIpc) is 3.96. The third-order valence-electron chi connectivity index (χ3n) is 9.39. The number of carbonyl (C=O) groups is 4. The number of nitrogens with zero attached hydrogens (tertiary/aromatic N) is 2. The standard InChI is InChI=1S/C41H44BrN5O7S/c42-36-21-19-30(55-36)26-52-29-23-34(38(49)44-32(16-9-10-22-43)37(48)39-45-31-15-7-8-17-35(31)54-39)47(24-29)40(50)33(20-18-27-11-3-1-4-12-27)46-41(51)53-25-28-13-5-2-6-14-28/h1-8,11-15,17,19,21,29,32-34H,9-10,16,18,20,22-26,43H2,(H,44,49)(H,46,51)/t29-,32+,33-,34+/m1/s1. The summed E-state index contributed by atoms with van der Waals surface area (Å²) < 4.78 is 18.5. The number of para-hydroxylation sites is 2. The number of hydrogen-bond acceptors (Lipinski definition) is 10. The second-order valence-electron chi connectivity index (χ2n) is 13.4. The summed E-state index contributed by atoms with van der Waals surface area (Å²) in [4.78, 5) is 62.7. The van der Waals surface area contributed by atoms with Crippen LogP contribution in [0.4, 0.5) is 4.79 Å². The molecule has 288 valence electrons. The lowest BCUT2D eigenvalue weighted by atomic mass is 10.0. The Kier molecular flexibility index (Phi) is 14.2. The number of Topliss-reactive ketones (excluding diaryl/α,β-unsaturated/α-hetero) is 1. The quantitative estimate of drug-likeness (QED) is 0.0655. The van der Waals surface area contributed by atoms with E-state index in [0.717, 1.165) is 19.8 Å². The zero-order valence-corrected chi connectivity index (χ0v) is 32.6. The lowest BCUT2D eigenvalue weighted by Crippen LogP contribution is -2.55. The molecule has 14 heteroatoms. The van der Waals surface area contributed by atoms with Gasteiger partial charge in [0.05, 0.1) is 22.5 Å². The number of nitrogens with two attached hydrogens (primary N) is 1. The zero-order valence-electron chi connectivity index (χ0n) is 30.2. The number of aryl methyl sites for hydroxylation is 1. The molecule has 0 spiro atoms. The monoisotopic (exact) mass is 829 g/mol. The van der Waals surface area contributed by atoms with Crippen LogP contribution in [0.1, 0.15) is 58.8 Å². The van der Waals surface area contributed by atoms with Gasteiger partial charge in [-0.3, -0.25) is 14.4 Å². The molecule has 4 atom stereocenters. The first-order valence-electron chi connectivity index (χ1n) is 18.3. The van der Waals surface area contributed by atoms with Gasteiger partial charge >= 0.3 is 6.09 Å². The van der Waals surface area contributed by atoms with Gasteiger partial charge in [-0.1, -0.05) is 72.8 Å². The molecule has 1 saturated heterocycles. The Balaban J connectivity index is 1.23. The molecule has 6 rings (SSSR count). The Morgan fingerprint density at radius 2 is 1.60 bits per heavy atom. The van der Waals surface area contributed by atoms with Crippen LogP contribution >= 0.6 is 27.3 Å². The van der Waals surface area contributed by atoms with Crippen molar-refractivity contribution < 1.29 is 33.1 Å². The molecule has 0 saturated carbocycles. The number of aromatic nitrogens is 1. The predicted octanol–water partition coefficient (Wildman–Crippen LogP) is 6.56. The molecular formula is C41H44BrN5O7S. The van der Waals surface area contributed by atoms with Crippen LogP contribution in [0.5, 0.6) is 0 Å². The molecule has 1 aliphatic rings. The van der Waals surface area contributed by atoms with Crippen molar-refractivity contribution in [2.24, 2.45) is 5.73 Å². The number of thiophene rings is 1. The molecule has 0 bridgehead atoms.